The third-order valence-corrected chi connectivity index (χ3v) is 3.63. The van der Waals surface area contributed by atoms with Gasteiger partial charge >= 0.3 is 5.97 Å². The second kappa shape index (κ2) is 6.88. The zero-order valence-electron chi connectivity index (χ0n) is 10.3. The van der Waals surface area contributed by atoms with E-state index in [2.05, 4.69) is 26.0 Å². The van der Waals surface area contributed by atoms with Crippen LogP contribution in [-0.2, 0) is 10.0 Å². The second-order valence-corrected chi connectivity index (χ2v) is 6.63. The number of carbonyl (C=O) groups is 1. The van der Waals surface area contributed by atoms with Gasteiger partial charge in [-0.05, 0) is 40.5 Å². The lowest BCUT2D eigenvalue weighted by molar-refractivity contribution is 0.0696. The highest BCUT2D eigenvalue weighted by atomic mass is 79.9. The third kappa shape index (κ3) is 6.04. The van der Waals surface area contributed by atoms with E-state index in [1.54, 1.807) is 12.1 Å². The molecule has 3 N–H and O–H groups in total. The summed E-state index contributed by atoms with van der Waals surface area (Å²) in [6, 6.07) is 4.84. The van der Waals surface area contributed by atoms with E-state index in [0.717, 1.165) is 11.9 Å². The smallest absolute Gasteiger partial charge is 0.336 e. The van der Waals surface area contributed by atoms with Gasteiger partial charge in [-0.25, -0.2) is 17.9 Å². The number of aromatic carboxylic acids is 1. The van der Waals surface area contributed by atoms with E-state index in [1.807, 2.05) is 0 Å². The molecular formula is C11H15BrN2O4S. The van der Waals surface area contributed by atoms with E-state index in [9.17, 15) is 13.2 Å². The first-order valence-corrected chi connectivity index (χ1v) is 8.19. The van der Waals surface area contributed by atoms with Crippen molar-refractivity contribution in [2.24, 2.45) is 0 Å². The highest BCUT2D eigenvalue weighted by molar-refractivity contribution is 9.10. The molecular weight excluding hydrogens is 336 g/mol. The van der Waals surface area contributed by atoms with Crippen molar-refractivity contribution in [3.05, 3.63) is 28.2 Å². The quantitative estimate of drug-likeness (QED) is 0.647. The molecule has 8 heteroatoms. The van der Waals surface area contributed by atoms with Crippen LogP contribution in [0.5, 0.6) is 0 Å². The molecule has 0 aromatic heterocycles. The minimum atomic E-state index is -3.14. The molecule has 6 nitrogen and oxygen atoms in total. The predicted molar refractivity (Wildman–Crippen MR) is 77.1 cm³/mol. The van der Waals surface area contributed by atoms with Gasteiger partial charge in [-0.3, -0.25) is 0 Å². The van der Waals surface area contributed by atoms with Crippen molar-refractivity contribution < 1.29 is 18.3 Å². The predicted octanol–water partition coefficient (Wildman–Crippen LogP) is 1.50. The molecule has 0 aliphatic carbocycles. The van der Waals surface area contributed by atoms with E-state index < -0.39 is 16.0 Å². The number of sulfonamides is 1. The average Bonchev–Trinajstić information content (AvgIpc) is 2.26. The number of carboxylic acids is 1. The van der Waals surface area contributed by atoms with Gasteiger partial charge in [0.15, 0.2) is 0 Å². The van der Waals surface area contributed by atoms with Crippen molar-refractivity contribution in [2.45, 2.75) is 6.42 Å². The molecule has 1 aromatic carbocycles. The fourth-order valence-electron chi connectivity index (χ4n) is 1.38. The molecule has 0 radical (unpaired) electrons. The van der Waals surface area contributed by atoms with Gasteiger partial charge in [0.2, 0.25) is 10.0 Å². The topological polar surface area (TPSA) is 95.5 Å². The Morgan fingerprint density at radius 2 is 2.05 bits per heavy atom. The summed E-state index contributed by atoms with van der Waals surface area (Å²) in [6.45, 7) is 0.946. The molecule has 0 bridgehead atoms. The Bertz CT molecular complexity index is 560. The Morgan fingerprint density at radius 1 is 1.37 bits per heavy atom. The molecule has 0 saturated heterocycles. The first-order valence-electron chi connectivity index (χ1n) is 5.51. The van der Waals surface area contributed by atoms with Crippen LogP contribution >= 0.6 is 15.9 Å². The highest BCUT2D eigenvalue weighted by Crippen LogP contribution is 2.21. The normalized spacial score (nSPS) is 11.3. The standard InChI is InChI=1S/C11H15BrN2O4S/c1-19(17,18)14-6-2-5-13-8-3-4-9(11(15)16)10(12)7-8/h3-4,7,13-14H,2,5-6H2,1H3,(H,15,16). The van der Waals surface area contributed by atoms with E-state index in [4.69, 9.17) is 5.11 Å². The summed E-state index contributed by atoms with van der Waals surface area (Å²) in [6.07, 6.45) is 1.74. The van der Waals surface area contributed by atoms with Crippen molar-refractivity contribution in [2.75, 3.05) is 24.7 Å². The molecule has 0 saturated carbocycles. The van der Waals surface area contributed by atoms with Crippen LogP contribution in [0.2, 0.25) is 0 Å². The molecule has 0 aliphatic rings. The summed E-state index contributed by atoms with van der Waals surface area (Å²) < 4.78 is 24.5. The van der Waals surface area contributed by atoms with Gasteiger partial charge in [0.05, 0.1) is 11.8 Å². The molecule has 0 atom stereocenters. The summed E-state index contributed by atoms with van der Waals surface area (Å²) in [7, 11) is -3.14. The largest absolute Gasteiger partial charge is 0.478 e. The summed E-state index contributed by atoms with van der Waals surface area (Å²) in [5, 5.41) is 11.9. The monoisotopic (exact) mass is 350 g/mol. The van der Waals surface area contributed by atoms with Crippen LogP contribution < -0.4 is 10.0 Å². The number of hydrogen-bond donors (Lipinski definition) is 3. The summed E-state index contributed by atoms with van der Waals surface area (Å²) in [4.78, 5) is 10.8. The van der Waals surface area contributed by atoms with E-state index in [0.29, 0.717) is 24.0 Å². The number of carboxylic acid groups (broad SMARTS) is 1. The number of nitrogens with one attached hydrogen (secondary N) is 2. The van der Waals surface area contributed by atoms with Gasteiger partial charge in [-0.15, -0.1) is 0 Å². The van der Waals surface area contributed by atoms with E-state index >= 15 is 0 Å². The maximum Gasteiger partial charge on any atom is 0.336 e. The Morgan fingerprint density at radius 3 is 2.58 bits per heavy atom. The molecule has 106 valence electrons. The van der Waals surface area contributed by atoms with Crippen LogP contribution in [0.1, 0.15) is 16.8 Å². The minimum Gasteiger partial charge on any atom is -0.478 e. The number of rotatable bonds is 7. The lowest BCUT2D eigenvalue weighted by atomic mass is 10.2. The second-order valence-electron chi connectivity index (χ2n) is 3.95. The van der Waals surface area contributed by atoms with Crippen LogP contribution in [0.25, 0.3) is 0 Å². The Kier molecular flexibility index (Phi) is 5.77. The maximum absolute atomic E-state index is 10.8. The van der Waals surface area contributed by atoms with Gasteiger partial charge in [0.1, 0.15) is 0 Å². The van der Waals surface area contributed by atoms with E-state index in [1.165, 1.54) is 6.07 Å². The van der Waals surface area contributed by atoms with Crippen molar-refractivity contribution in [3.8, 4) is 0 Å². The average molecular weight is 351 g/mol. The molecule has 0 fully saturated rings. The summed E-state index contributed by atoms with van der Waals surface area (Å²) >= 11 is 3.18. The number of benzene rings is 1. The van der Waals surface area contributed by atoms with E-state index in [-0.39, 0.29) is 5.56 Å². The van der Waals surface area contributed by atoms with Crippen LogP contribution in [0.4, 0.5) is 5.69 Å². The van der Waals surface area contributed by atoms with Gasteiger partial charge < -0.3 is 10.4 Å². The number of hydrogen-bond acceptors (Lipinski definition) is 4. The minimum absolute atomic E-state index is 0.198. The Hall–Kier alpha value is -1.12. The zero-order chi connectivity index (χ0) is 14.5. The van der Waals surface area contributed by atoms with Crippen molar-refractivity contribution >= 4 is 37.6 Å². The number of halogens is 1. The van der Waals surface area contributed by atoms with Crippen molar-refractivity contribution in [3.63, 3.8) is 0 Å². The van der Waals surface area contributed by atoms with Gasteiger partial charge in [0, 0.05) is 23.2 Å². The molecule has 1 aromatic rings. The van der Waals surface area contributed by atoms with Gasteiger partial charge in [-0.2, -0.15) is 0 Å². The van der Waals surface area contributed by atoms with Crippen LogP contribution in [0.3, 0.4) is 0 Å². The molecule has 0 spiro atoms. The summed E-state index contributed by atoms with van der Waals surface area (Å²) in [5.74, 6) is -0.990. The highest BCUT2D eigenvalue weighted by Gasteiger charge is 2.08. The molecule has 0 unspecified atom stereocenters. The molecule has 0 amide bonds. The van der Waals surface area contributed by atoms with Crippen molar-refractivity contribution in [1.82, 2.24) is 4.72 Å². The van der Waals surface area contributed by atoms with Gasteiger partial charge in [0.25, 0.3) is 0 Å². The first kappa shape index (κ1) is 15.9. The fraction of sp³-hybridized carbons (Fsp3) is 0.364. The summed E-state index contributed by atoms with van der Waals surface area (Å²) in [5.41, 5.74) is 0.973. The fourth-order valence-corrected chi connectivity index (χ4v) is 2.44. The number of anilines is 1. The lowest BCUT2D eigenvalue weighted by Gasteiger charge is -2.08. The third-order valence-electron chi connectivity index (χ3n) is 2.25. The lowest BCUT2D eigenvalue weighted by Crippen LogP contribution is -2.24. The van der Waals surface area contributed by atoms with Crippen molar-refractivity contribution in [1.29, 1.82) is 0 Å². The SMILES string of the molecule is CS(=O)(=O)NCCCNc1ccc(C(=O)O)c(Br)c1. The molecule has 19 heavy (non-hydrogen) atoms. The Balaban J connectivity index is 2.42. The molecule has 1 rings (SSSR count). The van der Waals surface area contributed by atoms with Crippen LogP contribution in [0, 0.1) is 0 Å². The zero-order valence-corrected chi connectivity index (χ0v) is 12.7. The Labute approximate surface area is 120 Å². The molecule has 0 aliphatic heterocycles. The maximum atomic E-state index is 10.8. The van der Waals surface area contributed by atoms with Crippen LogP contribution in [0.15, 0.2) is 22.7 Å². The first-order chi connectivity index (χ1) is 8.79. The van der Waals surface area contributed by atoms with Gasteiger partial charge in [-0.1, -0.05) is 0 Å². The van der Waals surface area contributed by atoms with Crippen LogP contribution in [-0.4, -0.2) is 38.8 Å². The molecule has 0 heterocycles.